The zero-order chi connectivity index (χ0) is 24.2. The van der Waals surface area contributed by atoms with E-state index in [1.54, 1.807) is 24.4 Å². The number of aromatic nitrogens is 1. The number of anilines is 1. The lowest BCUT2D eigenvalue weighted by Gasteiger charge is -2.19. The predicted octanol–water partition coefficient (Wildman–Crippen LogP) is 7.35. The Morgan fingerprint density at radius 1 is 0.800 bits per heavy atom. The van der Waals surface area contributed by atoms with Crippen LogP contribution in [-0.4, -0.2) is 10.9 Å². The fourth-order valence-electron chi connectivity index (χ4n) is 4.17. The predicted molar refractivity (Wildman–Crippen MR) is 142 cm³/mol. The number of carbonyl (C=O) groups excluding carboxylic acids is 1. The van der Waals surface area contributed by atoms with E-state index in [1.807, 2.05) is 36.4 Å². The molecule has 0 unspecified atom stereocenters. The number of pyridine rings is 1. The van der Waals surface area contributed by atoms with E-state index in [0.29, 0.717) is 18.0 Å². The van der Waals surface area contributed by atoms with Crippen molar-refractivity contribution in [3.05, 3.63) is 126 Å². The summed E-state index contributed by atoms with van der Waals surface area (Å²) in [6, 6.07) is 32.0. The number of amides is 1. The first kappa shape index (κ1) is 22.4. The monoisotopic (exact) mass is 458 g/mol. The molecule has 0 radical (unpaired) electrons. The van der Waals surface area contributed by atoms with Crippen LogP contribution in [0.1, 0.15) is 27.2 Å². The van der Waals surface area contributed by atoms with Crippen molar-refractivity contribution >= 4 is 22.4 Å². The molecule has 1 amide bonds. The zero-order valence-electron chi connectivity index (χ0n) is 19.8. The number of hydrogen-bond acceptors (Lipinski definition) is 3. The molecular weight excluding hydrogens is 432 g/mol. The van der Waals surface area contributed by atoms with Crippen molar-refractivity contribution in [2.45, 2.75) is 20.5 Å². The molecule has 0 spiro atoms. The largest absolute Gasteiger partial charge is 0.488 e. The quantitative estimate of drug-likeness (QED) is 0.289. The first-order valence-electron chi connectivity index (χ1n) is 11.6. The van der Waals surface area contributed by atoms with E-state index in [4.69, 9.17) is 4.74 Å². The molecule has 0 fully saturated rings. The van der Waals surface area contributed by atoms with Crippen LogP contribution in [0.25, 0.3) is 21.9 Å². The second-order valence-corrected chi connectivity index (χ2v) is 8.66. The SMILES string of the molecule is Cc1ccc(-c2c(NC(=O)c3ccccn3)cc(OCc3ccccc3)c3cc(C)ccc23)cc1. The fourth-order valence-corrected chi connectivity index (χ4v) is 4.17. The highest BCUT2D eigenvalue weighted by molar-refractivity contribution is 6.12. The Morgan fingerprint density at radius 2 is 1.54 bits per heavy atom. The number of hydrogen-bond donors (Lipinski definition) is 1. The third-order valence-corrected chi connectivity index (χ3v) is 5.98. The fraction of sp³-hybridized carbons (Fsp3) is 0.0968. The number of fused-ring (bicyclic) bond motifs is 1. The Hall–Kier alpha value is -4.44. The Labute approximate surface area is 205 Å². The molecule has 1 aromatic heterocycles. The summed E-state index contributed by atoms with van der Waals surface area (Å²) < 4.78 is 6.33. The van der Waals surface area contributed by atoms with Crippen LogP contribution in [0, 0.1) is 13.8 Å². The van der Waals surface area contributed by atoms with Gasteiger partial charge in [-0.25, -0.2) is 0 Å². The zero-order valence-corrected chi connectivity index (χ0v) is 19.8. The normalized spacial score (nSPS) is 10.8. The van der Waals surface area contributed by atoms with E-state index in [0.717, 1.165) is 38.8 Å². The highest BCUT2D eigenvalue weighted by atomic mass is 16.5. The van der Waals surface area contributed by atoms with Crippen LogP contribution in [0.3, 0.4) is 0 Å². The van der Waals surface area contributed by atoms with E-state index < -0.39 is 0 Å². The van der Waals surface area contributed by atoms with Crippen molar-refractivity contribution < 1.29 is 9.53 Å². The van der Waals surface area contributed by atoms with Gasteiger partial charge in [-0.1, -0.05) is 83.9 Å². The number of nitrogens with zero attached hydrogens (tertiary/aromatic N) is 1. The van der Waals surface area contributed by atoms with Gasteiger partial charge in [0.15, 0.2) is 0 Å². The maximum atomic E-state index is 13.1. The van der Waals surface area contributed by atoms with Crippen molar-refractivity contribution in [2.24, 2.45) is 0 Å². The molecule has 4 nitrogen and oxygen atoms in total. The Kier molecular flexibility index (Phi) is 6.27. The molecule has 4 aromatic carbocycles. The molecule has 1 N–H and O–H groups in total. The number of rotatable bonds is 6. The summed E-state index contributed by atoms with van der Waals surface area (Å²) >= 11 is 0. The van der Waals surface area contributed by atoms with Gasteiger partial charge >= 0.3 is 0 Å². The summed E-state index contributed by atoms with van der Waals surface area (Å²) in [6.07, 6.45) is 1.62. The minimum Gasteiger partial charge on any atom is -0.488 e. The van der Waals surface area contributed by atoms with Gasteiger partial charge in [0.05, 0.1) is 5.69 Å². The second kappa shape index (κ2) is 9.82. The van der Waals surface area contributed by atoms with Crippen molar-refractivity contribution in [3.8, 4) is 16.9 Å². The summed E-state index contributed by atoms with van der Waals surface area (Å²) in [5.74, 6) is 0.458. The summed E-state index contributed by atoms with van der Waals surface area (Å²) in [7, 11) is 0. The average Bonchev–Trinajstić information content (AvgIpc) is 2.89. The smallest absolute Gasteiger partial charge is 0.274 e. The van der Waals surface area contributed by atoms with Gasteiger partial charge in [-0.15, -0.1) is 0 Å². The number of benzene rings is 4. The molecular formula is C31H26N2O2. The molecule has 0 aliphatic heterocycles. The van der Waals surface area contributed by atoms with Crippen LogP contribution in [0.5, 0.6) is 5.75 Å². The summed E-state index contributed by atoms with van der Waals surface area (Å²) in [6.45, 7) is 4.57. The van der Waals surface area contributed by atoms with E-state index in [2.05, 4.69) is 66.6 Å². The molecule has 0 atom stereocenters. The third-order valence-electron chi connectivity index (χ3n) is 5.98. The molecule has 0 bridgehead atoms. The lowest BCUT2D eigenvalue weighted by Crippen LogP contribution is -2.14. The minimum atomic E-state index is -0.264. The lowest BCUT2D eigenvalue weighted by atomic mass is 9.94. The van der Waals surface area contributed by atoms with E-state index in [9.17, 15) is 4.79 Å². The van der Waals surface area contributed by atoms with Gasteiger partial charge < -0.3 is 10.1 Å². The topological polar surface area (TPSA) is 51.2 Å². The Bertz CT molecular complexity index is 1480. The van der Waals surface area contributed by atoms with Crippen molar-refractivity contribution in [1.82, 2.24) is 4.98 Å². The van der Waals surface area contributed by atoms with Crippen molar-refractivity contribution in [2.75, 3.05) is 5.32 Å². The number of ether oxygens (including phenoxy) is 1. The Balaban J connectivity index is 1.66. The van der Waals surface area contributed by atoms with Gasteiger partial charge in [-0.3, -0.25) is 9.78 Å². The van der Waals surface area contributed by atoms with Gasteiger partial charge in [-0.2, -0.15) is 0 Å². The number of aryl methyl sites for hydroxylation is 2. The summed E-state index contributed by atoms with van der Waals surface area (Å²) in [4.78, 5) is 17.3. The summed E-state index contributed by atoms with van der Waals surface area (Å²) in [5.41, 5.74) is 6.42. The van der Waals surface area contributed by atoms with E-state index in [1.165, 1.54) is 5.56 Å². The molecule has 172 valence electrons. The lowest BCUT2D eigenvalue weighted by molar-refractivity contribution is 0.102. The molecule has 5 rings (SSSR count). The molecule has 5 aromatic rings. The molecule has 35 heavy (non-hydrogen) atoms. The van der Waals surface area contributed by atoms with E-state index >= 15 is 0 Å². The highest BCUT2D eigenvalue weighted by Gasteiger charge is 2.18. The molecule has 0 saturated carbocycles. The van der Waals surface area contributed by atoms with Gasteiger partial charge in [0.25, 0.3) is 5.91 Å². The second-order valence-electron chi connectivity index (χ2n) is 8.66. The van der Waals surface area contributed by atoms with Crippen LogP contribution in [0.15, 0.2) is 103 Å². The molecule has 0 saturated heterocycles. The maximum absolute atomic E-state index is 13.1. The van der Waals surface area contributed by atoms with Crippen molar-refractivity contribution in [1.29, 1.82) is 0 Å². The van der Waals surface area contributed by atoms with Crippen LogP contribution in [0.2, 0.25) is 0 Å². The number of carbonyl (C=O) groups is 1. The molecule has 4 heteroatoms. The molecule has 0 aliphatic rings. The average molecular weight is 459 g/mol. The van der Waals surface area contributed by atoms with Gasteiger partial charge in [-0.05, 0) is 48.6 Å². The van der Waals surface area contributed by atoms with E-state index in [-0.39, 0.29) is 5.91 Å². The standard InChI is InChI=1S/C31H26N2O2/c1-21-11-14-24(15-12-21)30-25-16-13-22(2)18-26(25)29(35-20-23-8-4-3-5-9-23)19-28(30)33-31(34)27-10-6-7-17-32-27/h3-19H,20H2,1-2H3,(H,33,34). The maximum Gasteiger partial charge on any atom is 0.274 e. The third kappa shape index (κ3) is 4.92. The van der Waals surface area contributed by atoms with Crippen LogP contribution < -0.4 is 10.1 Å². The van der Waals surface area contributed by atoms with Gasteiger partial charge in [0.2, 0.25) is 0 Å². The highest BCUT2D eigenvalue weighted by Crippen LogP contribution is 2.41. The first-order chi connectivity index (χ1) is 17.1. The molecule has 0 aliphatic carbocycles. The van der Waals surface area contributed by atoms with Crippen LogP contribution >= 0.6 is 0 Å². The number of nitrogens with one attached hydrogen (secondary N) is 1. The van der Waals surface area contributed by atoms with Crippen LogP contribution in [0.4, 0.5) is 5.69 Å². The van der Waals surface area contributed by atoms with Crippen molar-refractivity contribution in [3.63, 3.8) is 0 Å². The van der Waals surface area contributed by atoms with Crippen LogP contribution in [-0.2, 0) is 6.61 Å². The first-order valence-corrected chi connectivity index (χ1v) is 11.6. The molecule has 1 heterocycles. The minimum absolute atomic E-state index is 0.264. The summed E-state index contributed by atoms with van der Waals surface area (Å²) in [5, 5.41) is 5.13. The van der Waals surface area contributed by atoms with Gasteiger partial charge in [0.1, 0.15) is 18.1 Å². The van der Waals surface area contributed by atoms with Gasteiger partial charge in [0, 0.05) is 23.2 Å². The Morgan fingerprint density at radius 3 is 2.29 bits per heavy atom.